The summed E-state index contributed by atoms with van der Waals surface area (Å²) >= 11 is 0. The van der Waals surface area contributed by atoms with Crippen LogP contribution in [0.15, 0.2) is 18.7 Å². The van der Waals surface area contributed by atoms with Crippen LogP contribution < -0.4 is 0 Å². The molecule has 2 atom stereocenters. The second kappa shape index (κ2) is 6.85. The molecule has 6 heteroatoms. The van der Waals surface area contributed by atoms with Crippen molar-refractivity contribution in [1.29, 1.82) is 0 Å². The minimum absolute atomic E-state index is 0.102. The van der Waals surface area contributed by atoms with E-state index in [0.717, 1.165) is 19.5 Å². The lowest BCUT2D eigenvalue weighted by atomic mass is 9.89. The number of aliphatic hydroxyl groups is 1. The van der Waals surface area contributed by atoms with E-state index in [0.29, 0.717) is 19.0 Å². The molecule has 0 unspecified atom stereocenters. The SMILES string of the molecule is CN(C)C[C@H]1C[C@H](CO)CN(C(=O)Cn2ccnc2)C1. The maximum absolute atomic E-state index is 12.3. The molecule has 112 valence electrons. The van der Waals surface area contributed by atoms with Gasteiger partial charge in [0, 0.05) is 38.6 Å². The van der Waals surface area contributed by atoms with Crippen molar-refractivity contribution in [3.05, 3.63) is 18.7 Å². The monoisotopic (exact) mass is 280 g/mol. The van der Waals surface area contributed by atoms with Crippen molar-refractivity contribution in [3.63, 3.8) is 0 Å². The molecule has 1 aliphatic heterocycles. The Morgan fingerprint density at radius 1 is 1.40 bits per heavy atom. The Kier molecular flexibility index (Phi) is 5.14. The van der Waals surface area contributed by atoms with Crippen molar-refractivity contribution in [2.45, 2.75) is 13.0 Å². The summed E-state index contributed by atoms with van der Waals surface area (Å²) in [6, 6.07) is 0. The third-order valence-electron chi connectivity index (χ3n) is 3.74. The first-order valence-corrected chi connectivity index (χ1v) is 7.07. The lowest BCUT2D eigenvalue weighted by Gasteiger charge is -2.38. The van der Waals surface area contributed by atoms with E-state index in [9.17, 15) is 9.90 Å². The quantitative estimate of drug-likeness (QED) is 0.818. The van der Waals surface area contributed by atoms with Crippen molar-refractivity contribution in [1.82, 2.24) is 19.4 Å². The molecule has 2 heterocycles. The number of aliphatic hydroxyl groups excluding tert-OH is 1. The summed E-state index contributed by atoms with van der Waals surface area (Å²) in [6.07, 6.45) is 6.11. The van der Waals surface area contributed by atoms with E-state index in [1.807, 2.05) is 19.0 Å². The molecule has 0 spiro atoms. The van der Waals surface area contributed by atoms with Gasteiger partial charge in [-0.3, -0.25) is 4.79 Å². The molecule has 0 aliphatic carbocycles. The van der Waals surface area contributed by atoms with Gasteiger partial charge in [0.15, 0.2) is 0 Å². The highest BCUT2D eigenvalue weighted by atomic mass is 16.3. The van der Waals surface area contributed by atoms with E-state index < -0.39 is 0 Å². The van der Waals surface area contributed by atoms with Gasteiger partial charge in [0.25, 0.3) is 0 Å². The maximum Gasteiger partial charge on any atom is 0.242 e. The van der Waals surface area contributed by atoms with E-state index in [1.165, 1.54) is 0 Å². The number of carbonyl (C=O) groups is 1. The first-order chi connectivity index (χ1) is 9.58. The predicted molar refractivity (Wildman–Crippen MR) is 76.0 cm³/mol. The largest absolute Gasteiger partial charge is 0.396 e. The van der Waals surface area contributed by atoms with Gasteiger partial charge in [0.1, 0.15) is 6.54 Å². The Balaban J connectivity index is 1.96. The van der Waals surface area contributed by atoms with Gasteiger partial charge in [-0.15, -0.1) is 0 Å². The van der Waals surface area contributed by atoms with Gasteiger partial charge >= 0.3 is 0 Å². The maximum atomic E-state index is 12.3. The summed E-state index contributed by atoms with van der Waals surface area (Å²) in [7, 11) is 4.08. The van der Waals surface area contributed by atoms with Crippen LogP contribution >= 0.6 is 0 Å². The van der Waals surface area contributed by atoms with E-state index >= 15 is 0 Å². The second-order valence-corrected chi connectivity index (χ2v) is 5.95. The first kappa shape index (κ1) is 15.0. The molecule has 1 saturated heterocycles. The number of aromatic nitrogens is 2. The van der Waals surface area contributed by atoms with Gasteiger partial charge < -0.3 is 19.5 Å². The highest BCUT2D eigenvalue weighted by Crippen LogP contribution is 2.22. The number of hydrogen-bond acceptors (Lipinski definition) is 4. The third kappa shape index (κ3) is 4.05. The highest BCUT2D eigenvalue weighted by molar-refractivity contribution is 5.76. The van der Waals surface area contributed by atoms with Crippen molar-refractivity contribution in [3.8, 4) is 0 Å². The molecule has 0 aromatic carbocycles. The molecule has 2 rings (SSSR count). The van der Waals surface area contributed by atoms with Crippen molar-refractivity contribution >= 4 is 5.91 Å². The third-order valence-corrected chi connectivity index (χ3v) is 3.74. The minimum atomic E-state index is 0.102. The van der Waals surface area contributed by atoms with Crippen molar-refractivity contribution in [2.24, 2.45) is 11.8 Å². The smallest absolute Gasteiger partial charge is 0.242 e. The van der Waals surface area contributed by atoms with Gasteiger partial charge in [-0.2, -0.15) is 0 Å². The Morgan fingerprint density at radius 3 is 2.75 bits per heavy atom. The summed E-state index contributed by atoms with van der Waals surface area (Å²) in [4.78, 5) is 20.3. The van der Waals surface area contributed by atoms with Gasteiger partial charge in [0.2, 0.25) is 5.91 Å². The van der Waals surface area contributed by atoms with E-state index in [2.05, 4.69) is 9.88 Å². The number of imidazole rings is 1. The summed E-state index contributed by atoms with van der Waals surface area (Å²) < 4.78 is 1.78. The van der Waals surface area contributed by atoms with E-state index in [1.54, 1.807) is 23.3 Å². The van der Waals surface area contributed by atoms with Gasteiger partial charge in [0.05, 0.1) is 6.33 Å². The molecule has 6 nitrogen and oxygen atoms in total. The minimum Gasteiger partial charge on any atom is -0.396 e. The fraction of sp³-hybridized carbons (Fsp3) is 0.714. The molecule has 1 fully saturated rings. The summed E-state index contributed by atoms with van der Waals surface area (Å²) in [6.45, 7) is 2.87. The van der Waals surface area contributed by atoms with Crippen LogP contribution in [-0.2, 0) is 11.3 Å². The summed E-state index contributed by atoms with van der Waals surface area (Å²) in [5.74, 6) is 0.730. The molecule has 1 N–H and O–H groups in total. The zero-order valence-corrected chi connectivity index (χ0v) is 12.3. The number of amides is 1. The first-order valence-electron chi connectivity index (χ1n) is 7.07. The Hall–Kier alpha value is -1.40. The number of nitrogens with zero attached hydrogens (tertiary/aromatic N) is 4. The second-order valence-electron chi connectivity index (χ2n) is 5.95. The highest BCUT2D eigenvalue weighted by Gasteiger charge is 2.29. The molecule has 1 aromatic heterocycles. The molecule has 1 aliphatic rings. The number of rotatable bonds is 5. The fourth-order valence-electron chi connectivity index (χ4n) is 2.94. The standard InChI is InChI=1S/C14H24N4O2/c1-16(2)6-12-5-13(10-19)8-18(7-12)14(20)9-17-4-3-15-11-17/h3-4,11-13,19H,5-10H2,1-2H3/t12-,13+/m1/s1. The normalized spacial score (nSPS) is 23.3. The van der Waals surface area contributed by atoms with Crippen LogP contribution in [0.2, 0.25) is 0 Å². The molecule has 1 aromatic rings. The average Bonchev–Trinajstić information content (AvgIpc) is 2.90. The van der Waals surface area contributed by atoms with Crippen LogP contribution in [0.1, 0.15) is 6.42 Å². The molecular formula is C14H24N4O2. The Labute approximate surface area is 120 Å². The van der Waals surface area contributed by atoms with Crippen LogP contribution in [0, 0.1) is 11.8 Å². The predicted octanol–water partition coefficient (Wildman–Crippen LogP) is -0.0983. The van der Waals surface area contributed by atoms with Crippen molar-refractivity contribution in [2.75, 3.05) is 40.3 Å². The number of carbonyl (C=O) groups excluding carboxylic acids is 1. The van der Waals surface area contributed by atoms with Crippen LogP contribution in [0.4, 0.5) is 0 Å². The molecule has 0 saturated carbocycles. The van der Waals surface area contributed by atoms with Gasteiger partial charge in [-0.05, 0) is 32.4 Å². The number of hydrogen-bond donors (Lipinski definition) is 1. The molecule has 0 bridgehead atoms. The van der Waals surface area contributed by atoms with Gasteiger partial charge in [-0.1, -0.05) is 0 Å². The molecule has 20 heavy (non-hydrogen) atoms. The van der Waals surface area contributed by atoms with Gasteiger partial charge in [-0.25, -0.2) is 4.98 Å². The van der Waals surface area contributed by atoms with E-state index in [4.69, 9.17) is 0 Å². The molecule has 0 radical (unpaired) electrons. The molecule has 1 amide bonds. The Bertz CT molecular complexity index is 419. The van der Waals surface area contributed by atoms with Crippen molar-refractivity contribution < 1.29 is 9.90 Å². The van der Waals surface area contributed by atoms with Crippen LogP contribution in [-0.4, -0.2) is 70.7 Å². The molecular weight excluding hydrogens is 256 g/mol. The zero-order chi connectivity index (χ0) is 14.5. The Morgan fingerprint density at radius 2 is 2.15 bits per heavy atom. The fourth-order valence-corrected chi connectivity index (χ4v) is 2.94. The van der Waals surface area contributed by atoms with Crippen LogP contribution in [0.3, 0.4) is 0 Å². The van der Waals surface area contributed by atoms with Crippen LogP contribution in [0.25, 0.3) is 0 Å². The lowest BCUT2D eigenvalue weighted by molar-refractivity contribution is -0.135. The number of piperidine rings is 1. The topological polar surface area (TPSA) is 61.6 Å². The average molecular weight is 280 g/mol. The lowest BCUT2D eigenvalue weighted by Crippen LogP contribution is -2.48. The number of likely N-dealkylation sites (tertiary alicyclic amines) is 1. The zero-order valence-electron chi connectivity index (χ0n) is 12.3. The van der Waals surface area contributed by atoms with Crippen LogP contribution in [0.5, 0.6) is 0 Å². The summed E-state index contributed by atoms with van der Waals surface area (Å²) in [5.41, 5.74) is 0. The summed E-state index contributed by atoms with van der Waals surface area (Å²) in [5, 5.41) is 9.43. The van der Waals surface area contributed by atoms with E-state index in [-0.39, 0.29) is 18.4 Å².